The van der Waals surface area contributed by atoms with Gasteiger partial charge in [0.05, 0.1) is 14.2 Å². The Hall–Kier alpha value is -2.43. The van der Waals surface area contributed by atoms with Crippen molar-refractivity contribution in [1.82, 2.24) is 10.2 Å². The smallest absolute Gasteiger partial charge is 0.359 e. The van der Waals surface area contributed by atoms with Gasteiger partial charge in [0.25, 0.3) is 0 Å². The highest BCUT2D eigenvalue weighted by Crippen LogP contribution is 2.30. The summed E-state index contributed by atoms with van der Waals surface area (Å²) in [6, 6.07) is 9.49. The lowest BCUT2D eigenvalue weighted by molar-refractivity contribution is 0.0593. The van der Waals surface area contributed by atoms with Gasteiger partial charge in [0.15, 0.2) is 5.69 Å². The number of hydrogen-bond donors (Lipinski definition) is 0. The molecule has 2 rings (SSSR count). The molecular formula is C14H14N2O3. The Morgan fingerprint density at radius 2 is 1.79 bits per heavy atom. The SMILES string of the molecule is COC(=O)c1nnc(OC)c(C)c1-c1ccccc1. The number of aromatic nitrogens is 2. The van der Waals surface area contributed by atoms with Crippen LogP contribution >= 0.6 is 0 Å². The summed E-state index contributed by atoms with van der Waals surface area (Å²) in [6.07, 6.45) is 0. The topological polar surface area (TPSA) is 61.3 Å². The van der Waals surface area contributed by atoms with Crippen LogP contribution in [0, 0.1) is 6.92 Å². The second-order valence-electron chi connectivity index (χ2n) is 3.92. The monoisotopic (exact) mass is 258 g/mol. The number of rotatable bonds is 3. The zero-order valence-electron chi connectivity index (χ0n) is 11.0. The van der Waals surface area contributed by atoms with E-state index in [4.69, 9.17) is 9.47 Å². The first kappa shape index (κ1) is 13.0. The molecule has 0 N–H and O–H groups in total. The summed E-state index contributed by atoms with van der Waals surface area (Å²) in [6.45, 7) is 1.84. The van der Waals surface area contributed by atoms with Crippen molar-refractivity contribution in [3.63, 3.8) is 0 Å². The average Bonchev–Trinajstić information content (AvgIpc) is 2.47. The van der Waals surface area contributed by atoms with Gasteiger partial charge < -0.3 is 9.47 Å². The zero-order chi connectivity index (χ0) is 13.8. The standard InChI is InChI=1S/C14H14N2O3/c1-9-11(10-7-5-4-6-8-10)12(14(17)19-3)15-16-13(9)18-2/h4-8H,1-3H3. The summed E-state index contributed by atoms with van der Waals surface area (Å²) < 4.78 is 9.89. The fourth-order valence-corrected chi connectivity index (χ4v) is 1.90. The van der Waals surface area contributed by atoms with Crippen molar-refractivity contribution in [2.45, 2.75) is 6.92 Å². The Bertz CT molecular complexity index is 597. The highest BCUT2D eigenvalue weighted by molar-refractivity contribution is 5.96. The Morgan fingerprint density at radius 1 is 1.11 bits per heavy atom. The molecular weight excluding hydrogens is 244 g/mol. The molecule has 0 aliphatic heterocycles. The predicted octanol–water partition coefficient (Wildman–Crippen LogP) is 2.25. The molecule has 0 atom stereocenters. The van der Waals surface area contributed by atoms with Gasteiger partial charge >= 0.3 is 5.97 Å². The van der Waals surface area contributed by atoms with Crippen molar-refractivity contribution in [3.05, 3.63) is 41.6 Å². The van der Waals surface area contributed by atoms with Crippen LogP contribution in [0.25, 0.3) is 11.1 Å². The number of methoxy groups -OCH3 is 2. The van der Waals surface area contributed by atoms with Crippen molar-refractivity contribution < 1.29 is 14.3 Å². The highest BCUT2D eigenvalue weighted by atomic mass is 16.5. The number of ether oxygens (including phenoxy) is 2. The van der Waals surface area contributed by atoms with Crippen LogP contribution in [-0.4, -0.2) is 30.4 Å². The van der Waals surface area contributed by atoms with Crippen LogP contribution in [0.5, 0.6) is 5.88 Å². The molecule has 0 unspecified atom stereocenters. The van der Waals surface area contributed by atoms with Crippen LogP contribution < -0.4 is 4.74 Å². The van der Waals surface area contributed by atoms with E-state index in [0.717, 1.165) is 11.1 Å². The predicted molar refractivity (Wildman–Crippen MR) is 70.1 cm³/mol. The minimum Gasteiger partial charge on any atom is -0.480 e. The largest absolute Gasteiger partial charge is 0.480 e. The number of benzene rings is 1. The van der Waals surface area contributed by atoms with E-state index in [-0.39, 0.29) is 5.69 Å². The molecule has 0 saturated carbocycles. The molecule has 5 nitrogen and oxygen atoms in total. The molecule has 98 valence electrons. The third kappa shape index (κ3) is 2.40. The molecule has 0 amide bonds. The average molecular weight is 258 g/mol. The van der Waals surface area contributed by atoms with Crippen molar-refractivity contribution in [2.75, 3.05) is 14.2 Å². The summed E-state index contributed by atoms with van der Waals surface area (Å²) in [5.74, 6) is -0.122. The minimum atomic E-state index is -0.517. The molecule has 0 fully saturated rings. The highest BCUT2D eigenvalue weighted by Gasteiger charge is 2.21. The van der Waals surface area contributed by atoms with Gasteiger partial charge in [-0.2, -0.15) is 0 Å². The Labute approximate surface area is 111 Å². The second kappa shape index (κ2) is 5.48. The van der Waals surface area contributed by atoms with Gasteiger partial charge in [-0.25, -0.2) is 4.79 Å². The molecule has 19 heavy (non-hydrogen) atoms. The Balaban J connectivity index is 2.70. The van der Waals surface area contributed by atoms with E-state index in [1.165, 1.54) is 14.2 Å². The van der Waals surface area contributed by atoms with E-state index in [0.29, 0.717) is 11.4 Å². The number of hydrogen-bond acceptors (Lipinski definition) is 5. The van der Waals surface area contributed by atoms with Gasteiger partial charge in [-0.15, -0.1) is 10.2 Å². The summed E-state index contributed by atoms with van der Waals surface area (Å²) in [7, 11) is 2.84. The summed E-state index contributed by atoms with van der Waals surface area (Å²) >= 11 is 0. The molecule has 0 aliphatic rings. The van der Waals surface area contributed by atoms with E-state index >= 15 is 0 Å². The normalized spacial score (nSPS) is 10.1. The maximum Gasteiger partial charge on any atom is 0.359 e. The van der Waals surface area contributed by atoms with E-state index in [1.54, 1.807) is 0 Å². The van der Waals surface area contributed by atoms with Gasteiger partial charge in [-0.3, -0.25) is 0 Å². The van der Waals surface area contributed by atoms with Crippen molar-refractivity contribution in [3.8, 4) is 17.0 Å². The lowest BCUT2D eigenvalue weighted by atomic mass is 10.00. The van der Waals surface area contributed by atoms with Crippen LogP contribution in [0.1, 0.15) is 16.1 Å². The first-order chi connectivity index (χ1) is 9.19. The number of carbonyl (C=O) groups is 1. The fraction of sp³-hybridized carbons (Fsp3) is 0.214. The summed E-state index contributed by atoms with van der Waals surface area (Å²) in [5.41, 5.74) is 2.49. The molecule has 1 heterocycles. The van der Waals surface area contributed by atoms with E-state index < -0.39 is 5.97 Å². The van der Waals surface area contributed by atoms with E-state index in [2.05, 4.69) is 10.2 Å². The lowest BCUT2D eigenvalue weighted by Crippen LogP contribution is -2.10. The van der Waals surface area contributed by atoms with Crippen molar-refractivity contribution >= 4 is 5.97 Å². The molecule has 0 spiro atoms. The number of esters is 1. The molecule has 1 aromatic carbocycles. The molecule has 1 aromatic heterocycles. The number of nitrogens with zero attached hydrogens (tertiary/aromatic N) is 2. The number of carbonyl (C=O) groups excluding carboxylic acids is 1. The minimum absolute atomic E-state index is 0.187. The summed E-state index contributed by atoms with van der Waals surface area (Å²) in [4.78, 5) is 11.8. The lowest BCUT2D eigenvalue weighted by Gasteiger charge is -2.12. The van der Waals surface area contributed by atoms with Gasteiger partial charge in [-0.05, 0) is 12.5 Å². The maximum atomic E-state index is 11.8. The molecule has 0 saturated heterocycles. The van der Waals surface area contributed by atoms with Crippen LogP contribution in [0.15, 0.2) is 30.3 Å². The third-order valence-electron chi connectivity index (χ3n) is 2.81. The second-order valence-corrected chi connectivity index (χ2v) is 3.92. The Morgan fingerprint density at radius 3 is 2.37 bits per heavy atom. The molecule has 0 radical (unpaired) electrons. The first-order valence-electron chi connectivity index (χ1n) is 5.74. The van der Waals surface area contributed by atoms with E-state index in [1.807, 2.05) is 37.3 Å². The molecule has 0 aliphatic carbocycles. The van der Waals surface area contributed by atoms with Crippen LogP contribution in [0.4, 0.5) is 0 Å². The van der Waals surface area contributed by atoms with Crippen molar-refractivity contribution in [1.29, 1.82) is 0 Å². The van der Waals surface area contributed by atoms with Gasteiger partial charge in [0.2, 0.25) is 5.88 Å². The van der Waals surface area contributed by atoms with Crippen molar-refractivity contribution in [2.24, 2.45) is 0 Å². The van der Waals surface area contributed by atoms with Crippen LogP contribution in [0.2, 0.25) is 0 Å². The van der Waals surface area contributed by atoms with Gasteiger partial charge in [0, 0.05) is 11.1 Å². The van der Waals surface area contributed by atoms with Gasteiger partial charge in [0.1, 0.15) is 0 Å². The Kier molecular flexibility index (Phi) is 3.75. The molecule has 0 bridgehead atoms. The summed E-state index contributed by atoms with van der Waals surface area (Å²) in [5, 5.41) is 7.79. The molecule has 5 heteroatoms. The molecule has 2 aromatic rings. The zero-order valence-corrected chi connectivity index (χ0v) is 11.0. The fourth-order valence-electron chi connectivity index (χ4n) is 1.90. The van der Waals surface area contributed by atoms with Gasteiger partial charge in [-0.1, -0.05) is 30.3 Å². The third-order valence-corrected chi connectivity index (χ3v) is 2.81. The van der Waals surface area contributed by atoms with E-state index in [9.17, 15) is 4.79 Å². The quantitative estimate of drug-likeness (QED) is 0.790. The van der Waals surface area contributed by atoms with Crippen LogP contribution in [0.3, 0.4) is 0 Å². The van der Waals surface area contributed by atoms with Crippen LogP contribution in [-0.2, 0) is 4.74 Å². The maximum absolute atomic E-state index is 11.8. The first-order valence-corrected chi connectivity index (χ1v) is 5.74.